The molecule has 0 amide bonds. The van der Waals surface area contributed by atoms with E-state index in [0.717, 1.165) is 12.2 Å². The smallest absolute Gasteiger partial charge is 0.131 e. The number of ether oxygens (including phenoxy) is 1. The van der Waals surface area contributed by atoms with Gasteiger partial charge >= 0.3 is 0 Å². The van der Waals surface area contributed by atoms with Crippen molar-refractivity contribution in [1.82, 2.24) is 0 Å². The summed E-state index contributed by atoms with van der Waals surface area (Å²) in [5.74, 6) is 0.934. The highest BCUT2D eigenvalue weighted by Gasteiger charge is 2.37. The number of unbranched alkanes of at least 4 members (excludes halogenated alkanes) is 19. The average molecular weight is 475 g/mol. The summed E-state index contributed by atoms with van der Waals surface area (Å²) in [5, 5.41) is 29.1. The van der Waals surface area contributed by atoms with Crippen molar-refractivity contribution in [1.29, 1.82) is 0 Å². The maximum atomic E-state index is 9.92. The van der Waals surface area contributed by atoms with E-state index in [1.807, 2.05) is 0 Å². The molecule has 0 radical (unpaired) electrons. The van der Waals surface area contributed by atoms with Crippen LogP contribution in [0.25, 0.3) is 0 Å². The Balaban J connectivity index is 1.72. The van der Waals surface area contributed by atoms with E-state index in [9.17, 15) is 15.3 Å². The molecule has 1 heterocycles. The van der Waals surface area contributed by atoms with Crippen LogP contribution in [0.4, 0.5) is 0 Å². The van der Waals surface area contributed by atoms with Crippen LogP contribution in [0, 0.1) is 0 Å². The summed E-state index contributed by atoms with van der Waals surface area (Å²) in [6, 6.07) is 0. The van der Waals surface area contributed by atoms with Crippen molar-refractivity contribution in [3.8, 4) is 0 Å². The zero-order valence-electron chi connectivity index (χ0n) is 21.0. The van der Waals surface area contributed by atoms with Gasteiger partial charge in [-0.25, -0.2) is 0 Å². The van der Waals surface area contributed by atoms with E-state index in [0.29, 0.717) is 0 Å². The average Bonchev–Trinajstić information content (AvgIpc) is 2.80. The minimum Gasteiger partial charge on any atom is -0.388 e. The van der Waals surface area contributed by atoms with Gasteiger partial charge in [-0.05, 0) is 12.2 Å². The number of hydrogen-bond acceptors (Lipinski definition) is 5. The molecule has 1 aliphatic heterocycles. The van der Waals surface area contributed by atoms with E-state index >= 15 is 0 Å². The molecule has 1 aliphatic rings. The first-order valence-corrected chi connectivity index (χ1v) is 15.0. The highest BCUT2D eigenvalue weighted by molar-refractivity contribution is 7.99. The summed E-state index contributed by atoms with van der Waals surface area (Å²) in [4.78, 5) is 0. The van der Waals surface area contributed by atoms with E-state index < -0.39 is 23.7 Å². The van der Waals surface area contributed by atoms with E-state index in [-0.39, 0.29) is 6.61 Å². The molecule has 5 heteroatoms. The van der Waals surface area contributed by atoms with Crippen LogP contribution in [0.1, 0.15) is 135 Å². The third-order valence-electron chi connectivity index (χ3n) is 6.73. The highest BCUT2D eigenvalue weighted by atomic mass is 32.2. The van der Waals surface area contributed by atoms with Crippen LogP contribution in [-0.2, 0) is 4.74 Å². The lowest BCUT2D eigenvalue weighted by Gasteiger charge is -2.34. The van der Waals surface area contributed by atoms with E-state index in [1.165, 1.54) is 122 Å². The molecule has 0 aromatic rings. The van der Waals surface area contributed by atoms with Crippen molar-refractivity contribution >= 4 is 11.8 Å². The zero-order valence-corrected chi connectivity index (χ0v) is 21.8. The maximum Gasteiger partial charge on any atom is 0.131 e. The molecule has 0 aromatic carbocycles. The maximum absolute atomic E-state index is 9.92. The molecule has 3 N–H and O–H groups in total. The Kier molecular flexibility index (Phi) is 20.5. The van der Waals surface area contributed by atoms with Crippen molar-refractivity contribution < 1.29 is 20.1 Å². The number of aliphatic hydroxyl groups excluding tert-OH is 3. The summed E-state index contributed by atoms with van der Waals surface area (Å²) in [5.41, 5.74) is -0.409. The second kappa shape index (κ2) is 21.7. The largest absolute Gasteiger partial charge is 0.388 e. The predicted molar refractivity (Wildman–Crippen MR) is 138 cm³/mol. The van der Waals surface area contributed by atoms with Crippen LogP contribution in [0.5, 0.6) is 0 Å². The molecule has 0 bridgehead atoms. The molecule has 0 unspecified atom stereocenters. The Morgan fingerprint density at radius 2 is 0.938 bits per heavy atom. The van der Waals surface area contributed by atoms with Crippen LogP contribution in [0.15, 0.2) is 0 Å². The van der Waals surface area contributed by atoms with Gasteiger partial charge < -0.3 is 20.1 Å². The standard InChI is InChI=1S/C27H54O4S/c1-2-3-4-5-6-7-8-9-10-11-12-13-14-15-16-17-18-19-20-21-22-32-27-26(30)25(29)24(28)23-31-27/h24-30H,2-23H2,1H3/t24-,25+,26-,27+/m1/s1. The number of rotatable bonds is 22. The van der Waals surface area contributed by atoms with Gasteiger partial charge in [-0.15, -0.1) is 11.8 Å². The number of hydrogen-bond donors (Lipinski definition) is 3. The molecule has 0 aromatic heterocycles. The minimum absolute atomic E-state index is 0.106. The van der Waals surface area contributed by atoms with Crippen molar-refractivity contribution in [2.45, 2.75) is 159 Å². The molecular formula is C27H54O4S. The van der Waals surface area contributed by atoms with Gasteiger partial charge in [0, 0.05) is 0 Å². The van der Waals surface area contributed by atoms with Crippen molar-refractivity contribution in [3.05, 3.63) is 0 Å². The van der Waals surface area contributed by atoms with E-state index in [2.05, 4.69) is 6.92 Å². The summed E-state index contributed by atoms with van der Waals surface area (Å²) in [7, 11) is 0. The molecule has 4 nitrogen and oxygen atoms in total. The molecule has 1 rings (SSSR count). The second-order valence-corrected chi connectivity index (χ2v) is 11.0. The van der Waals surface area contributed by atoms with Crippen molar-refractivity contribution in [3.63, 3.8) is 0 Å². The fraction of sp³-hybridized carbons (Fsp3) is 1.00. The van der Waals surface area contributed by atoms with Crippen LogP contribution in [0.2, 0.25) is 0 Å². The number of thioether (sulfide) groups is 1. The Hall–Kier alpha value is 0.190. The summed E-state index contributed by atoms with van der Waals surface area (Å²) < 4.78 is 5.42. The molecule has 0 aliphatic carbocycles. The molecule has 192 valence electrons. The highest BCUT2D eigenvalue weighted by Crippen LogP contribution is 2.26. The number of aliphatic hydroxyl groups is 3. The van der Waals surface area contributed by atoms with Gasteiger partial charge in [0.15, 0.2) is 0 Å². The third kappa shape index (κ3) is 15.9. The van der Waals surface area contributed by atoms with Crippen LogP contribution < -0.4 is 0 Å². The van der Waals surface area contributed by atoms with Gasteiger partial charge in [-0.2, -0.15) is 0 Å². The van der Waals surface area contributed by atoms with Crippen molar-refractivity contribution in [2.75, 3.05) is 12.4 Å². The van der Waals surface area contributed by atoms with Gasteiger partial charge in [-0.1, -0.05) is 129 Å². The third-order valence-corrected chi connectivity index (χ3v) is 8.00. The molecule has 32 heavy (non-hydrogen) atoms. The lowest BCUT2D eigenvalue weighted by Crippen LogP contribution is -2.51. The monoisotopic (exact) mass is 474 g/mol. The van der Waals surface area contributed by atoms with Crippen molar-refractivity contribution in [2.24, 2.45) is 0 Å². The molecule has 4 atom stereocenters. The lowest BCUT2D eigenvalue weighted by molar-refractivity contribution is -0.161. The molecule has 0 saturated carbocycles. The van der Waals surface area contributed by atoms with Gasteiger partial charge in [0.25, 0.3) is 0 Å². The Bertz CT molecular complexity index is 396. The Morgan fingerprint density at radius 1 is 0.562 bits per heavy atom. The van der Waals surface area contributed by atoms with Gasteiger partial charge in [-0.3, -0.25) is 0 Å². The Labute approximate surface area is 203 Å². The van der Waals surface area contributed by atoms with Crippen LogP contribution >= 0.6 is 11.8 Å². The quantitative estimate of drug-likeness (QED) is 0.148. The first kappa shape index (κ1) is 30.2. The summed E-state index contributed by atoms with van der Waals surface area (Å²) >= 11 is 1.56. The fourth-order valence-corrected chi connectivity index (χ4v) is 5.62. The molecular weight excluding hydrogens is 420 g/mol. The minimum atomic E-state index is -1.09. The Morgan fingerprint density at radius 3 is 1.34 bits per heavy atom. The van der Waals surface area contributed by atoms with Gasteiger partial charge in [0.2, 0.25) is 0 Å². The molecule has 1 saturated heterocycles. The first-order valence-electron chi connectivity index (χ1n) is 13.9. The predicted octanol–water partition coefficient (Wildman–Crippen LogP) is 6.98. The first-order chi connectivity index (χ1) is 15.7. The normalized spacial score (nSPS) is 23.6. The van der Waals surface area contributed by atoms with Crippen LogP contribution in [-0.4, -0.2) is 51.4 Å². The zero-order chi connectivity index (χ0) is 23.3. The molecule has 1 fully saturated rings. The van der Waals surface area contributed by atoms with Crippen LogP contribution in [0.3, 0.4) is 0 Å². The topological polar surface area (TPSA) is 69.9 Å². The summed E-state index contributed by atoms with van der Waals surface area (Å²) in [6.45, 7) is 2.39. The summed E-state index contributed by atoms with van der Waals surface area (Å²) in [6.07, 6.45) is 24.7. The van der Waals surface area contributed by atoms with E-state index in [4.69, 9.17) is 4.74 Å². The molecule has 0 spiro atoms. The van der Waals surface area contributed by atoms with E-state index in [1.54, 1.807) is 11.8 Å². The fourth-order valence-electron chi connectivity index (χ4n) is 4.48. The lowest BCUT2D eigenvalue weighted by atomic mass is 10.0. The SMILES string of the molecule is CCCCCCCCCCCCCCCCCCCCCCS[C@@H]1OC[C@@H](O)[C@H](O)[C@H]1O. The second-order valence-electron chi connectivity index (χ2n) is 9.84. The van der Waals surface area contributed by atoms with Gasteiger partial charge in [0.05, 0.1) is 6.61 Å². The van der Waals surface area contributed by atoms with Gasteiger partial charge in [0.1, 0.15) is 23.7 Å².